The third-order valence-electron chi connectivity index (χ3n) is 5.28. The van der Waals surface area contributed by atoms with Gasteiger partial charge in [0.1, 0.15) is 0 Å². The van der Waals surface area contributed by atoms with Crippen molar-refractivity contribution in [1.82, 2.24) is 20.0 Å². The number of nitrogens with one attached hydrogen (secondary N) is 1. The molecule has 0 fully saturated rings. The van der Waals surface area contributed by atoms with Gasteiger partial charge in [-0.3, -0.25) is 9.48 Å². The summed E-state index contributed by atoms with van der Waals surface area (Å²) in [6, 6.07) is 8.36. The molecule has 3 rings (SSSR count). The lowest BCUT2D eigenvalue weighted by atomic mass is 9.91. The molecule has 1 aliphatic rings. The first-order valence-electron chi connectivity index (χ1n) is 10.1. The van der Waals surface area contributed by atoms with Crippen molar-refractivity contribution in [1.29, 1.82) is 0 Å². The highest BCUT2D eigenvalue weighted by Crippen LogP contribution is 2.26. The Balaban J connectivity index is 1.71. The number of benzene rings is 1. The van der Waals surface area contributed by atoms with Gasteiger partial charge < -0.3 is 10.2 Å². The van der Waals surface area contributed by atoms with Gasteiger partial charge in [-0.15, -0.1) is 0 Å². The van der Waals surface area contributed by atoms with Crippen LogP contribution in [0, 0.1) is 5.92 Å². The summed E-state index contributed by atoms with van der Waals surface area (Å²) in [6.45, 7) is 6.10. The van der Waals surface area contributed by atoms with Gasteiger partial charge in [0.15, 0.2) is 5.69 Å². The number of carbonyl (C=O) groups is 1. The summed E-state index contributed by atoms with van der Waals surface area (Å²) in [5.41, 5.74) is 4.16. The topological polar surface area (TPSA) is 50.2 Å². The van der Waals surface area contributed by atoms with E-state index in [-0.39, 0.29) is 5.91 Å². The Morgan fingerprint density at radius 2 is 2.11 bits per heavy atom. The zero-order valence-electron chi connectivity index (χ0n) is 17.3. The van der Waals surface area contributed by atoms with Gasteiger partial charge >= 0.3 is 0 Å². The number of rotatable bonds is 7. The van der Waals surface area contributed by atoms with Crippen molar-refractivity contribution < 1.29 is 4.79 Å². The Bertz CT molecular complexity index is 828. The van der Waals surface area contributed by atoms with Gasteiger partial charge in [0.05, 0.1) is 0 Å². The quantitative estimate of drug-likeness (QED) is 0.770. The molecule has 0 spiro atoms. The minimum absolute atomic E-state index is 0.00419. The highest BCUT2D eigenvalue weighted by Gasteiger charge is 2.29. The lowest BCUT2D eigenvalue weighted by Crippen LogP contribution is -2.37. The van der Waals surface area contributed by atoms with E-state index in [1.54, 1.807) is 19.0 Å². The molecule has 1 aromatic carbocycles. The molecule has 0 bridgehead atoms. The first-order valence-corrected chi connectivity index (χ1v) is 10.5. The molecule has 0 saturated carbocycles. The average Bonchev–Trinajstić information content (AvgIpc) is 2.99. The van der Waals surface area contributed by atoms with E-state index in [0.29, 0.717) is 17.7 Å². The zero-order chi connectivity index (χ0) is 20.3. The van der Waals surface area contributed by atoms with Crippen molar-refractivity contribution in [2.45, 2.75) is 52.1 Å². The number of amides is 1. The summed E-state index contributed by atoms with van der Waals surface area (Å²) in [5, 5.41) is 9.19. The van der Waals surface area contributed by atoms with Gasteiger partial charge in [-0.25, -0.2) is 0 Å². The second kappa shape index (κ2) is 9.10. The Hall–Kier alpha value is -1.85. The molecule has 6 heteroatoms. The van der Waals surface area contributed by atoms with Gasteiger partial charge in [-0.2, -0.15) is 5.10 Å². The van der Waals surface area contributed by atoms with Crippen molar-refractivity contribution in [3.05, 3.63) is 51.8 Å². The lowest BCUT2D eigenvalue weighted by Gasteiger charge is -2.25. The van der Waals surface area contributed by atoms with Crippen molar-refractivity contribution >= 4 is 17.5 Å². The molecule has 1 heterocycles. The number of hydrogen-bond donors (Lipinski definition) is 1. The van der Waals surface area contributed by atoms with Crippen LogP contribution >= 0.6 is 11.6 Å². The Morgan fingerprint density at radius 1 is 1.36 bits per heavy atom. The minimum atomic E-state index is -0.00419. The first kappa shape index (κ1) is 20.9. The average molecular weight is 403 g/mol. The summed E-state index contributed by atoms with van der Waals surface area (Å²) >= 11 is 6.26. The number of fused-ring (bicyclic) bond motifs is 1. The van der Waals surface area contributed by atoms with Crippen molar-refractivity contribution in [3.63, 3.8) is 0 Å². The van der Waals surface area contributed by atoms with Crippen LogP contribution in [-0.4, -0.2) is 47.3 Å². The predicted octanol–water partition coefficient (Wildman–Crippen LogP) is 3.58. The summed E-state index contributed by atoms with van der Waals surface area (Å²) < 4.78 is 2.07. The molecule has 28 heavy (non-hydrogen) atoms. The fourth-order valence-electron chi connectivity index (χ4n) is 3.85. The molecule has 5 nitrogen and oxygen atoms in total. The predicted molar refractivity (Wildman–Crippen MR) is 114 cm³/mol. The van der Waals surface area contributed by atoms with E-state index >= 15 is 0 Å². The number of halogens is 1. The van der Waals surface area contributed by atoms with E-state index < -0.39 is 0 Å². The van der Waals surface area contributed by atoms with Gasteiger partial charge in [0.25, 0.3) is 5.91 Å². The zero-order valence-corrected chi connectivity index (χ0v) is 18.1. The smallest absolute Gasteiger partial charge is 0.274 e. The van der Waals surface area contributed by atoms with E-state index in [4.69, 9.17) is 16.7 Å². The maximum atomic E-state index is 12.7. The fourth-order valence-corrected chi connectivity index (χ4v) is 4.08. The highest BCUT2D eigenvalue weighted by molar-refractivity contribution is 6.31. The largest absolute Gasteiger partial charge is 0.343 e. The van der Waals surface area contributed by atoms with Crippen LogP contribution in [0.2, 0.25) is 5.02 Å². The maximum Gasteiger partial charge on any atom is 0.274 e. The standard InChI is InChI=1S/C22H31ClN4O/c1-15(2)14-27-20-10-9-17(13-18(20)21(25-27)22(28)26(3)4)24-12-11-16-7-5-6-8-19(16)23/h5-8,15,17,24H,9-14H2,1-4H3. The molecule has 0 aliphatic heterocycles. The fraction of sp³-hybridized carbons (Fsp3) is 0.545. The third-order valence-corrected chi connectivity index (χ3v) is 5.65. The molecule has 1 atom stereocenters. The lowest BCUT2D eigenvalue weighted by molar-refractivity contribution is 0.0819. The molecule has 2 aromatic rings. The minimum Gasteiger partial charge on any atom is -0.343 e. The highest BCUT2D eigenvalue weighted by atomic mass is 35.5. The number of aromatic nitrogens is 2. The van der Waals surface area contributed by atoms with Crippen LogP contribution in [0.3, 0.4) is 0 Å². The van der Waals surface area contributed by atoms with Crippen molar-refractivity contribution in [2.75, 3.05) is 20.6 Å². The molecular weight excluding hydrogens is 372 g/mol. The molecule has 152 valence electrons. The summed E-state index contributed by atoms with van der Waals surface area (Å²) in [6.07, 6.45) is 3.78. The van der Waals surface area contributed by atoms with E-state index in [1.807, 2.05) is 18.2 Å². The Kier molecular flexibility index (Phi) is 6.78. The molecular formula is C22H31ClN4O. The molecule has 0 saturated heterocycles. The van der Waals surface area contributed by atoms with Crippen molar-refractivity contribution in [3.8, 4) is 0 Å². The van der Waals surface area contributed by atoms with Gasteiger partial charge in [0, 0.05) is 43.0 Å². The number of carbonyl (C=O) groups excluding carboxylic acids is 1. The van der Waals surface area contributed by atoms with E-state index in [2.05, 4.69) is 29.9 Å². The van der Waals surface area contributed by atoms with Gasteiger partial charge in [-0.1, -0.05) is 43.6 Å². The second-order valence-electron chi connectivity index (χ2n) is 8.28. The molecule has 1 aromatic heterocycles. The molecule has 1 amide bonds. The van der Waals surface area contributed by atoms with E-state index in [1.165, 1.54) is 11.3 Å². The maximum absolute atomic E-state index is 12.7. The monoisotopic (exact) mass is 402 g/mol. The summed E-state index contributed by atoms with van der Waals surface area (Å²) in [7, 11) is 3.58. The van der Waals surface area contributed by atoms with Crippen molar-refractivity contribution in [2.24, 2.45) is 5.92 Å². The van der Waals surface area contributed by atoms with Crippen LogP contribution in [0.15, 0.2) is 24.3 Å². The van der Waals surface area contributed by atoms with Crippen LogP contribution in [-0.2, 0) is 25.8 Å². The van der Waals surface area contributed by atoms with E-state index in [9.17, 15) is 4.79 Å². The van der Waals surface area contributed by atoms with Crippen LogP contribution < -0.4 is 5.32 Å². The second-order valence-corrected chi connectivity index (χ2v) is 8.69. The van der Waals surface area contributed by atoms with Gasteiger partial charge in [0.2, 0.25) is 0 Å². The van der Waals surface area contributed by atoms with Crippen LogP contribution in [0.25, 0.3) is 0 Å². The van der Waals surface area contributed by atoms with Gasteiger partial charge in [-0.05, 0) is 49.8 Å². The number of hydrogen-bond acceptors (Lipinski definition) is 3. The van der Waals surface area contributed by atoms with Crippen LogP contribution in [0.1, 0.15) is 47.6 Å². The normalized spacial score (nSPS) is 16.3. The Morgan fingerprint density at radius 3 is 2.79 bits per heavy atom. The van der Waals surface area contributed by atoms with Crippen LogP contribution in [0.5, 0.6) is 0 Å². The SMILES string of the molecule is CC(C)Cn1nc(C(=O)N(C)C)c2c1CCC(NCCc1ccccc1Cl)C2. The Labute approximate surface area is 173 Å². The summed E-state index contributed by atoms with van der Waals surface area (Å²) in [4.78, 5) is 14.3. The molecule has 1 N–H and O–H groups in total. The van der Waals surface area contributed by atoms with E-state index in [0.717, 1.165) is 49.4 Å². The molecule has 1 unspecified atom stereocenters. The van der Waals surface area contributed by atoms with Crippen LogP contribution in [0.4, 0.5) is 0 Å². The number of nitrogens with zero attached hydrogens (tertiary/aromatic N) is 3. The molecule has 1 aliphatic carbocycles. The molecule has 0 radical (unpaired) electrons. The summed E-state index contributed by atoms with van der Waals surface area (Å²) in [5.74, 6) is 0.494. The first-order chi connectivity index (χ1) is 13.4. The third kappa shape index (κ3) is 4.76.